The molecule has 0 aliphatic carbocycles. The summed E-state index contributed by atoms with van der Waals surface area (Å²) in [4.78, 5) is 16.4. The monoisotopic (exact) mass is 320 g/mol. The SMILES string of the molecule is CC(CO)NC(=O)c1cccnc1SCc1ccc(F)cc1. The van der Waals surface area contributed by atoms with Crippen molar-refractivity contribution >= 4 is 17.7 Å². The fourth-order valence-electron chi connectivity index (χ4n) is 1.76. The number of benzene rings is 1. The summed E-state index contributed by atoms with van der Waals surface area (Å²) in [6.45, 7) is 1.60. The van der Waals surface area contributed by atoms with Gasteiger partial charge in [-0.05, 0) is 36.8 Å². The van der Waals surface area contributed by atoms with Crippen LogP contribution in [0.5, 0.6) is 0 Å². The van der Waals surface area contributed by atoms with Gasteiger partial charge in [-0.3, -0.25) is 4.79 Å². The minimum atomic E-state index is -0.317. The van der Waals surface area contributed by atoms with Crippen molar-refractivity contribution in [2.24, 2.45) is 0 Å². The second-order valence-corrected chi connectivity index (χ2v) is 5.79. The number of aliphatic hydroxyl groups excluding tert-OH is 1. The van der Waals surface area contributed by atoms with Crippen molar-refractivity contribution in [1.82, 2.24) is 10.3 Å². The van der Waals surface area contributed by atoms with Gasteiger partial charge in [0.1, 0.15) is 10.8 Å². The van der Waals surface area contributed by atoms with Gasteiger partial charge in [-0.25, -0.2) is 9.37 Å². The van der Waals surface area contributed by atoms with Crippen molar-refractivity contribution in [1.29, 1.82) is 0 Å². The maximum Gasteiger partial charge on any atom is 0.254 e. The van der Waals surface area contributed by atoms with Crippen LogP contribution in [0.1, 0.15) is 22.8 Å². The Bertz CT molecular complexity index is 634. The molecule has 1 unspecified atom stereocenters. The van der Waals surface area contributed by atoms with Crippen LogP contribution in [-0.4, -0.2) is 28.6 Å². The molecule has 2 rings (SSSR count). The Balaban J connectivity index is 2.07. The van der Waals surface area contributed by atoms with Gasteiger partial charge < -0.3 is 10.4 Å². The van der Waals surface area contributed by atoms with Crippen LogP contribution < -0.4 is 5.32 Å². The van der Waals surface area contributed by atoms with Gasteiger partial charge in [0.25, 0.3) is 5.91 Å². The van der Waals surface area contributed by atoms with E-state index >= 15 is 0 Å². The molecule has 0 radical (unpaired) electrons. The highest BCUT2D eigenvalue weighted by atomic mass is 32.2. The molecule has 1 atom stereocenters. The van der Waals surface area contributed by atoms with Crippen molar-refractivity contribution < 1.29 is 14.3 Å². The molecule has 1 heterocycles. The van der Waals surface area contributed by atoms with E-state index in [9.17, 15) is 9.18 Å². The predicted octanol–water partition coefficient (Wildman–Crippen LogP) is 2.62. The van der Waals surface area contributed by atoms with Crippen LogP contribution in [-0.2, 0) is 5.75 Å². The lowest BCUT2D eigenvalue weighted by Crippen LogP contribution is -2.35. The average molecular weight is 320 g/mol. The molecule has 0 aliphatic heterocycles. The summed E-state index contributed by atoms with van der Waals surface area (Å²) in [6, 6.07) is 9.30. The minimum absolute atomic E-state index is 0.121. The van der Waals surface area contributed by atoms with Gasteiger partial charge in [0.05, 0.1) is 12.2 Å². The quantitative estimate of drug-likeness (QED) is 0.803. The Hall–Kier alpha value is -1.92. The molecule has 6 heteroatoms. The lowest BCUT2D eigenvalue weighted by molar-refractivity contribution is 0.0918. The fourth-order valence-corrected chi connectivity index (χ4v) is 2.71. The maximum atomic E-state index is 12.9. The molecule has 4 nitrogen and oxygen atoms in total. The van der Waals surface area contributed by atoms with Crippen molar-refractivity contribution in [3.05, 3.63) is 59.5 Å². The lowest BCUT2D eigenvalue weighted by atomic mass is 10.2. The molecular formula is C16H17FN2O2S. The van der Waals surface area contributed by atoms with E-state index in [-0.39, 0.29) is 24.4 Å². The third kappa shape index (κ3) is 4.54. The van der Waals surface area contributed by atoms with Crippen molar-refractivity contribution in [3.8, 4) is 0 Å². The summed E-state index contributed by atoms with van der Waals surface area (Å²) in [5.74, 6) is 0.0496. The zero-order chi connectivity index (χ0) is 15.9. The summed E-state index contributed by atoms with van der Waals surface area (Å²) in [5.41, 5.74) is 1.42. The van der Waals surface area contributed by atoms with E-state index in [4.69, 9.17) is 5.11 Å². The number of aromatic nitrogens is 1. The molecule has 2 aromatic rings. The first-order valence-corrected chi connectivity index (χ1v) is 7.82. The largest absolute Gasteiger partial charge is 0.394 e. The van der Waals surface area contributed by atoms with Gasteiger partial charge in [0.2, 0.25) is 0 Å². The number of nitrogens with one attached hydrogen (secondary N) is 1. The highest BCUT2D eigenvalue weighted by Gasteiger charge is 2.14. The summed E-state index contributed by atoms with van der Waals surface area (Å²) < 4.78 is 12.9. The van der Waals surface area contributed by atoms with E-state index in [0.29, 0.717) is 16.3 Å². The summed E-state index contributed by atoms with van der Waals surface area (Å²) >= 11 is 1.41. The first-order chi connectivity index (χ1) is 10.6. The van der Waals surface area contributed by atoms with E-state index in [1.165, 1.54) is 23.9 Å². The third-order valence-corrected chi connectivity index (χ3v) is 4.03. The average Bonchev–Trinajstić information content (AvgIpc) is 2.54. The number of carbonyl (C=O) groups excluding carboxylic acids is 1. The molecule has 0 saturated heterocycles. The molecule has 116 valence electrons. The van der Waals surface area contributed by atoms with Crippen molar-refractivity contribution in [2.45, 2.75) is 23.7 Å². The summed E-state index contributed by atoms with van der Waals surface area (Å²) in [5, 5.41) is 12.3. The first-order valence-electron chi connectivity index (χ1n) is 6.84. The van der Waals surface area contributed by atoms with Crippen LogP contribution in [0.25, 0.3) is 0 Å². The molecule has 0 saturated carbocycles. The Labute approximate surface area is 132 Å². The Morgan fingerprint density at radius 2 is 2.09 bits per heavy atom. The lowest BCUT2D eigenvalue weighted by Gasteiger charge is -2.12. The van der Waals surface area contributed by atoms with Crippen LogP contribution in [0.3, 0.4) is 0 Å². The fraction of sp³-hybridized carbons (Fsp3) is 0.250. The van der Waals surface area contributed by atoms with Gasteiger partial charge in [-0.2, -0.15) is 0 Å². The number of rotatable bonds is 6. The normalized spacial score (nSPS) is 12.0. The number of carbonyl (C=O) groups is 1. The number of aliphatic hydroxyl groups is 1. The summed E-state index contributed by atoms with van der Waals surface area (Å²) in [6.07, 6.45) is 1.62. The Morgan fingerprint density at radius 3 is 2.77 bits per heavy atom. The second-order valence-electron chi connectivity index (χ2n) is 4.83. The number of nitrogens with zero attached hydrogens (tertiary/aromatic N) is 1. The van der Waals surface area contributed by atoms with Crippen LogP contribution in [0.4, 0.5) is 4.39 Å². The smallest absolute Gasteiger partial charge is 0.254 e. The Morgan fingerprint density at radius 1 is 1.36 bits per heavy atom. The van der Waals surface area contributed by atoms with E-state index in [0.717, 1.165) is 5.56 Å². The molecule has 1 aromatic heterocycles. The Kier molecular flexibility index (Phi) is 5.91. The third-order valence-electron chi connectivity index (χ3n) is 2.96. The minimum Gasteiger partial charge on any atom is -0.394 e. The topological polar surface area (TPSA) is 62.2 Å². The number of amides is 1. The highest BCUT2D eigenvalue weighted by molar-refractivity contribution is 7.98. The van der Waals surface area contributed by atoms with Gasteiger partial charge in [-0.1, -0.05) is 12.1 Å². The van der Waals surface area contributed by atoms with Gasteiger partial charge in [0, 0.05) is 18.0 Å². The summed E-state index contributed by atoms with van der Waals surface area (Å²) in [7, 11) is 0. The second kappa shape index (κ2) is 7.91. The molecule has 0 fully saturated rings. The van der Waals surface area contributed by atoms with E-state index in [1.807, 2.05) is 0 Å². The van der Waals surface area contributed by atoms with Crippen LogP contribution in [0.15, 0.2) is 47.6 Å². The van der Waals surface area contributed by atoms with Crippen molar-refractivity contribution in [2.75, 3.05) is 6.61 Å². The van der Waals surface area contributed by atoms with Crippen LogP contribution in [0, 0.1) is 5.82 Å². The first kappa shape index (κ1) is 16.5. The number of hydrogen-bond acceptors (Lipinski definition) is 4. The standard InChI is InChI=1S/C16H17FN2O2S/c1-11(9-20)19-15(21)14-3-2-8-18-16(14)22-10-12-4-6-13(17)7-5-12/h2-8,11,20H,9-10H2,1H3,(H,19,21). The zero-order valence-electron chi connectivity index (χ0n) is 12.1. The molecule has 0 bridgehead atoms. The van der Waals surface area contributed by atoms with Gasteiger partial charge in [-0.15, -0.1) is 11.8 Å². The molecule has 1 aromatic carbocycles. The molecule has 22 heavy (non-hydrogen) atoms. The molecule has 0 aliphatic rings. The number of thioether (sulfide) groups is 1. The molecule has 0 spiro atoms. The van der Waals surface area contributed by atoms with Crippen molar-refractivity contribution in [3.63, 3.8) is 0 Å². The molecular weight excluding hydrogens is 303 g/mol. The highest BCUT2D eigenvalue weighted by Crippen LogP contribution is 2.24. The van der Waals surface area contributed by atoms with E-state index in [2.05, 4.69) is 10.3 Å². The zero-order valence-corrected chi connectivity index (χ0v) is 12.9. The number of hydrogen-bond donors (Lipinski definition) is 2. The number of pyridine rings is 1. The van der Waals surface area contributed by atoms with E-state index in [1.54, 1.807) is 37.4 Å². The van der Waals surface area contributed by atoms with Gasteiger partial charge >= 0.3 is 0 Å². The van der Waals surface area contributed by atoms with Crippen LogP contribution >= 0.6 is 11.8 Å². The van der Waals surface area contributed by atoms with E-state index < -0.39 is 0 Å². The van der Waals surface area contributed by atoms with Gasteiger partial charge in [0.15, 0.2) is 0 Å². The number of halogens is 1. The molecule has 2 N–H and O–H groups in total. The van der Waals surface area contributed by atoms with Crippen LogP contribution in [0.2, 0.25) is 0 Å². The maximum absolute atomic E-state index is 12.9. The molecule has 1 amide bonds. The predicted molar refractivity (Wildman–Crippen MR) is 84.2 cm³/mol.